The van der Waals surface area contributed by atoms with Crippen molar-refractivity contribution >= 4 is 56.1 Å². The average molecular weight is 534 g/mol. The molecule has 0 saturated carbocycles. The SMILES string of the molecule is CC1(C)OB(c2ccc3c(c2)c2ccc4c(ccn4-c4ccccc4)c2n3-c2ccc3ccccc3c2)OC1(C)C. The van der Waals surface area contributed by atoms with Crippen LogP contribution in [-0.2, 0) is 9.31 Å². The van der Waals surface area contributed by atoms with Gasteiger partial charge in [0.15, 0.2) is 0 Å². The fourth-order valence-electron chi connectivity index (χ4n) is 6.27. The third kappa shape index (κ3) is 3.63. The summed E-state index contributed by atoms with van der Waals surface area (Å²) in [6.45, 7) is 8.41. The first-order chi connectivity index (χ1) is 19.8. The van der Waals surface area contributed by atoms with Crippen LogP contribution < -0.4 is 5.46 Å². The van der Waals surface area contributed by atoms with Gasteiger partial charge in [0.25, 0.3) is 0 Å². The molecule has 7 aromatic rings. The van der Waals surface area contributed by atoms with E-state index in [1.54, 1.807) is 0 Å². The van der Waals surface area contributed by atoms with Crippen LogP contribution in [0.15, 0.2) is 115 Å². The zero-order valence-corrected chi connectivity index (χ0v) is 23.8. The van der Waals surface area contributed by atoms with E-state index in [2.05, 4.69) is 152 Å². The van der Waals surface area contributed by atoms with Crippen molar-refractivity contribution in [1.29, 1.82) is 0 Å². The van der Waals surface area contributed by atoms with Crippen LogP contribution in [0.3, 0.4) is 0 Å². The molecular formula is C36H31BN2O2. The largest absolute Gasteiger partial charge is 0.494 e. The van der Waals surface area contributed by atoms with Crippen molar-refractivity contribution in [2.75, 3.05) is 0 Å². The average Bonchev–Trinajstić information content (AvgIpc) is 3.62. The summed E-state index contributed by atoms with van der Waals surface area (Å²) in [7, 11) is -0.411. The molecule has 3 heterocycles. The minimum Gasteiger partial charge on any atom is -0.399 e. The number of para-hydroxylation sites is 1. The van der Waals surface area contributed by atoms with E-state index >= 15 is 0 Å². The zero-order valence-electron chi connectivity index (χ0n) is 23.8. The lowest BCUT2D eigenvalue weighted by atomic mass is 9.78. The van der Waals surface area contributed by atoms with Gasteiger partial charge in [0, 0.05) is 33.7 Å². The van der Waals surface area contributed by atoms with E-state index in [1.165, 1.54) is 38.0 Å². The molecule has 0 bridgehead atoms. The molecule has 0 atom stereocenters. The molecule has 0 unspecified atom stereocenters. The normalized spacial score (nSPS) is 16.4. The van der Waals surface area contributed by atoms with E-state index in [0.29, 0.717) is 0 Å². The molecule has 0 radical (unpaired) electrons. The summed E-state index contributed by atoms with van der Waals surface area (Å²) in [6, 6.07) is 39.2. The molecule has 0 amide bonds. The van der Waals surface area contributed by atoms with E-state index in [4.69, 9.17) is 9.31 Å². The smallest absolute Gasteiger partial charge is 0.399 e. The first-order valence-corrected chi connectivity index (χ1v) is 14.3. The van der Waals surface area contributed by atoms with Crippen LogP contribution in [0.1, 0.15) is 27.7 Å². The van der Waals surface area contributed by atoms with Gasteiger partial charge >= 0.3 is 7.12 Å². The third-order valence-electron chi connectivity index (χ3n) is 9.17. The Labute approximate surface area is 239 Å². The standard InChI is InChI=1S/C36H31BN2O2/c1-35(2)36(3,4)41-37(40-35)26-15-18-33-31(23-26)29-17-19-32-30(20-21-38(32)27-12-6-5-7-13-27)34(29)39(33)28-16-14-24-10-8-9-11-25(24)22-28/h5-23H,1-4H3. The van der Waals surface area contributed by atoms with E-state index in [1.807, 2.05) is 0 Å². The Balaban J connectivity index is 1.41. The molecule has 1 saturated heterocycles. The number of hydrogen-bond acceptors (Lipinski definition) is 2. The van der Waals surface area contributed by atoms with Crippen LogP contribution in [0.25, 0.3) is 54.9 Å². The van der Waals surface area contributed by atoms with Crippen molar-refractivity contribution in [1.82, 2.24) is 9.13 Å². The lowest BCUT2D eigenvalue weighted by molar-refractivity contribution is 0.00578. The topological polar surface area (TPSA) is 28.3 Å². The first-order valence-electron chi connectivity index (χ1n) is 14.3. The summed E-state index contributed by atoms with van der Waals surface area (Å²) in [4.78, 5) is 0. The molecule has 8 rings (SSSR count). The van der Waals surface area contributed by atoms with Crippen LogP contribution in [0.5, 0.6) is 0 Å². The van der Waals surface area contributed by atoms with Crippen LogP contribution in [-0.4, -0.2) is 27.5 Å². The highest BCUT2D eigenvalue weighted by atomic mass is 16.7. The molecule has 1 aliphatic heterocycles. The molecule has 4 nitrogen and oxygen atoms in total. The van der Waals surface area contributed by atoms with Gasteiger partial charge in [-0.1, -0.05) is 66.7 Å². The number of nitrogens with zero attached hydrogens (tertiary/aromatic N) is 2. The summed E-state index contributed by atoms with van der Waals surface area (Å²) >= 11 is 0. The van der Waals surface area contributed by atoms with E-state index in [0.717, 1.165) is 22.4 Å². The van der Waals surface area contributed by atoms with Gasteiger partial charge in [0.1, 0.15) is 0 Å². The summed E-state index contributed by atoms with van der Waals surface area (Å²) < 4.78 is 17.6. The maximum absolute atomic E-state index is 6.44. The maximum atomic E-state index is 6.44. The van der Waals surface area contributed by atoms with Gasteiger partial charge in [-0.3, -0.25) is 0 Å². The monoisotopic (exact) mass is 534 g/mol. The van der Waals surface area contributed by atoms with Gasteiger partial charge in [-0.15, -0.1) is 0 Å². The second-order valence-corrected chi connectivity index (χ2v) is 12.1. The van der Waals surface area contributed by atoms with Crippen LogP contribution in [0.4, 0.5) is 0 Å². The Kier molecular flexibility index (Phi) is 5.13. The minimum atomic E-state index is -0.411. The fourth-order valence-corrected chi connectivity index (χ4v) is 6.27. The van der Waals surface area contributed by atoms with Crippen LogP contribution in [0.2, 0.25) is 0 Å². The number of rotatable bonds is 3. The van der Waals surface area contributed by atoms with Gasteiger partial charge in [0.2, 0.25) is 0 Å². The molecular weight excluding hydrogens is 503 g/mol. The Morgan fingerprint density at radius 1 is 0.561 bits per heavy atom. The van der Waals surface area contributed by atoms with Crippen molar-refractivity contribution < 1.29 is 9.31 Å². The number of benzene rings is 5. The number of aromatic nitrogens is 2. The second-order valence-electron chi connectivity index (χ2n) is 12.1. The third-order valence-corrected chi connectivity index (χ3v) is 9.17. The highest BCUT2D eigenvalue weighted by Gasteiger charge is 2.51. The fraction of sp³-hybridized carbons (Fsp3) is 0.167. The molecule has 0 spiro atoms. The van der Waals surface area contributed by atoms with E-state index in [9.17, 15) is 0 Å². The number of fused-ring (bicyclic) bond motifs is 6. The van der Waals surface area contributed by atoms with Crippen LogP contribution in [0, 0.1) is 0 Å². The van der Waals surface area contributed by atoms with Crippen molar-refractivity contribution in [2.24, 2.45) is 0 Å². The molecule has 5 aromatic carbocycles. The van der Waals surface area contributed by atoms with Gasteiger partial charge in [-0.05, 0) is 86.4 Å². The van der Waals surface area contributed by atoms with Gasteiger partial charge in [-0.2, -0.15) is 0 Å². The molecule has 41 heavy (non-hydrogen) atoms. The minimum absolute atomic E-state index is 0.391. The molecule has 1 fully saturated rings. The highest BCUT2D eigenvalue weighted by molar-refractivity contribution is 6.62. The molecule has 0 aliphatic carbocycles. The van der Waals surface area contributed by atoms with Gasteiger partial charge in [-0.25, -0.2) is 0 Å². The summed E-state index contributed by atoms with van der Waals surface area (Å²) in [5.41, 5.74) is 6.10. The van der Waals surface area contributed by atoms with Crippen molar-refractivity contribution in [3.05, 3.63) is 115 Å². The van der Waals surface area contributed by atoms with Crippen molar-refractivity contribution in [2.45, 2.75) is 38.9 Å². The molecule has 5 heteroatoms. The highest BCUT2D eigenvalue weighted by Crippen LogP contribution is 2.40. The summed E-state index contributed by atoms with van der Waals surface area (Å²) in [5.74, 6) is 0. The van der Waals surface area contributed by atoms with Crippen LogP contribution >= 0.6 is 0 Å². The Bertz CT molecular complexity index is 2100. The summed E-state index contributed by atoms with van der Waals surface area (Å²) in [6.07, 6.45) is 2.18. The Hall–Kier alpha value is -4.32. The second kappa shape index (κ2) is 8.59. The lowest BCUT2D eigenvalue weighted by Crippen LogP contribution is -2.41. The van der Waals surface area contributed by atoms with Crippen molar-refractivity contribution in [3.8, 4) is 11.4 Å². The number of hydrogen-bond donors (Lipinski definition) is 0. The van der Waals surface area contributed by atoms with E-state index < -0.39 is 18.3 Å². The van der Waals surface area contributed by atoms with E-state index in [-0.39, 0.29) is 0 Å². The quantitative estimate of drug-likeness (QED) is 0.214. The predicted molar refractivity (Wildman–Crippen MR) is 171 cm³/mol. The molecule has 1 aliphatic rings. The Morgan fingerprint density at radius 3 is 2.05 bits per heavy atom. The van der Waals surface area contributed by atoms with Gasteiger partial charge in [0.05, 0.1) is 27.8 Å². The van der Waals surface area contributed by atoms with Crippen molar-refractivity contribution in [3.63, 3.8) is 0 Å². The molecule has 200 valence electrons. The first kappa shape index (κ1) is 24.5. The molecule has 2 aromatic heterocycles. The zero-order chi connectivity index (χ0) is 27.9. The van der Waals surface area contributed by atoms with Gasteiger partial charge < -0.3 is 18.4 Å². The summed E-state index contributed by atoms with van der Waals surface area (Å²) in [5, 5.41) is 6.08. The maximum Gasteiger partial charge on any atom is 0.494 e. The predicted octanol–water partition coefficient (Wildman–Crippen LogP) is 8.18. The molecule has 0 N–H and O–H groups in total. The lowest BCUT2D eigenvalue weighted by Gasteiger charge is -2.32. The Morgan fingerprint density at radius 2 is 1.27 bits per heavy atom.